The van der Waals surface area contributed by atoms with Gasteiger partial charge in [0.05, 0.1) is 21.8 Å². The quantitative estimate of drug-likeness (QED) is 0.689. The van der Waals surface area contributed by atoms with E-state index >= 15 is 0 Å². The molecule has 0 aliphatic rings. The molecule has 0 spiro atoms. The lowest BCUT2D eigenvalue weighted by Crippen LogP contribution is -1.76. The summed E-state index contributed by atoms with van der Waals surface area (Å²) >= 11 is 1.66. The van der Waals surface area contributed by atoms with E-state index < -0.39 is 0 Å². The van der Waals surface area contributed by atoms with Crippen molar-refractivity contribution in [2.75, 3.05) is 0 Å². The summed E-state index contributed by atoms with van der Waals surface area (Å²) in [4.78, 5) is 4.54. The highest BCUT2D eigenvalue weighted by Crippen LogP contribution is 2.23. The Labute approximate surface area is 115 Å². The van der Waals surface area contributed by atoms with Gasteiger partial charge in [-0.15, -0.1) is 11.3 Å². The summed E-state index contributed by atoms with van der Waals surface area (Å²) < 4.78 is 1.19. The fraction of sp³-hybridized carbons (Fsp3) is 0. The van der Waals surface area contributed by atoms with Crippen molar-refractivity contribution in [1.82, 2.24) is 4.98 Å². The predicted octanol–water partition coefficient (Wildman–Crippen LogP) is 4.34. The van der Waals surface area contributed by atoms with Gasteiger partial charge in [0, 0.05) is 0 Å². The van der Waals surface area contributed by atoms with Crippen molar-refractivity contribution in [3.8, 4) is 6.07 Å². The molecule has 0 amide bonds. The van der Waals surface area contributed by atoms with E-state index in [0.717, 1.165) is 16.1 Å². The molecule has 3 heteroatoms. The number of hydrogen-bond acceptors (Lipinski definition) is 3. The van der Waals surface area contributed by atoms with Crippen molar-refractivity contribution in [3.63, 3.8) is 0 Å². The normalized spacial score (nSPS) is 10.9. The largest absolute Gasteiger partial charge is 0.237 e. The predicted molar refractivity (Wildman–Crippen MR) is 79.7 cm³/mol. The maximum atomic E-state index is 8.86. The van der Waals surface area contributed by atoms with E-state index in [2.05, 4.69) is 17.1 Å². The van der Waals surface area contributed by atoms with Gasteiger partial charge < -0.3 is 0 Å². The third-order valence-corrected chi connectivity index (χ3v) is 3.75. The number of aromatic nitrogens is 1. The number of para-hydroxylation sites is 1. The van der Waals surface area contributed by atoms with E-state index in [-0.39, 0.29) is 0 Å². The molecule has 2 nitrogen and oxygen atoms in total. The molecule has 0 bridgehead atoms. The molecule has 1 heterocycles. The molecule has 0 aliphatic carbocycles. The lowest BCUT2D eigenvalue weighted by molar-refractivity contribution is 1.46. The number of nitriles is 1. The van der Waals surface area contributed by atoms with Crippen LogP contribution >= 0.6 is 11.3 Å². The van der Waals surface area contributed by atoms with Crippen LogP contribution in [0.15, 0.2) is 48.5 Å². The van der Waals surface area contributed by atoms with Crippen molar-refractivity contribution < 1.29 is 0 Å². The molecule has 0 radical (unpaired) electrons. The number of thiazole rings is 1. The Morgan fingerprint density at radius 2 is 1.95 bits per heavy atom. The molecule has 0 atom stereocenters. The van der Waals surface area contributed by atoms with E-state index in [1.807, 2.05) is 48.6 Å². The first-order chi connectivity index (χ1) is 9.35. The Kier molecular flexibility index (Phi) is 3.09. The molecule has 3 aromatic rings. The van der Waals surface area contributed by atoms with Gasteiger partial charge in [0.15, 0.2) is 0 Å². The van der Waals surface area contributed by atoms with Gasteiger partial charge in [-0.05, 0) is 35.9 Å². The van der Waals surface area contributed by atoms with Crippen LogP contribution in [-0.2, 0) is 0 Å². The zero-order valence-electron chi connectivity index (χ0n) is 10.1. The average molecular weight is 262 g/mol. The Morgan fingerprint density at radius 3 is 2.79 bits per heavy atom. The molecule has 0 N–H and O–H groups in total. The maximum absolute atomic E-state index is 8.86. The number of benzene rings is 2. The topological polar surface area (TPSA) is 36.7 Å². The van der Waals surface area contributed by atoms with Gasteiger partial charge in [-0.2, -0.15) is 5.26 Å². The summed E-state index contributed by atoms with van der Waals surface area (Å²) in [6.07, 6.45) is 3.97. The molecular formula is C16H10N2S. The van der Waals surface area contributed by atoms with Crippen molar-refractivity contribution in [3.05, 3.63) is 64.7 Å². The van der Waals surface area contributed by atoms with Crippen molar-refractivity contribution >= 4 is 33.7 Å². The molecule has 0 saturated carbocycles. The van der Waals surface area contributed by atoms with Crippen LogP contribution in [0.2, 0.25) is 0 Å². The molecule has 0 unspecified atom stereocenters. The third-order valence-electron chi connectivity index (χ3n) is 2.74. The van der Waals surface area contributed by atoms with Crippen LogP contribution in [0.25, 0.3) is 22.4 Å². The van der Waals surface area contributed by atoms with E-state index in [1.165, 1.54) is 4.70 Å². The van der Waals surface area contributed by atoms with Crippen LogP contribution in [0.5, 0.6) is 0 Å². The molecule has 0 saturated heterocycles. The number of nitrogens with zero attached hydrogens (tertiary/aromatic N) is 2. The molecule has 2 aromatic carbocycles. The molecule has 90 valence electrons. The van der Waals surface area contributed by atoms with Crippen molar-refractivity contribution in [2.45, 2.75) is 0 Å². The Hall–Kier alpha value is -2.44. The van der Waals surface area contributed by atoms with Gasteiger partial charge in [-0.3, -0.25) is 0 Å². The second-order valence-electron chi connectivity index (χ2n) is 4.09. The number of hydrogen-bond donors (Lipinski definition) is 0. The van der Waals surface area contributed by atoms with Gasteiger partial charge in [0.25, 0.3) is 0 Å². The van der Waals surface area contributed by atoms with Crippen LogP contribution in [-0.4, -0.2) is 4.98 Å². The zero-order chi connectivity index (χ0) is 13.1. The molecule has 1 aromatic heterocycles. The lowest BCUT2D eigenvalue weighted by Gasteiger charge is -1.92. The van der Waals surface area contributed by atoms with Gasteiger partial charge in [-0.25, -0.2) is 4.98 Å². The van der Waals surface area contributed by atoms with E-state index in [1.54, 1.807) is 17.4 Å². The van der Waals surface area contributed by atoms with Gasteiger partial charge in [-0.1, -0.05) is 30.3 Å². The summed E-state index contributed by atoms with van der Waals surface area (Å²) in [7, 11) is 0. The van der Waals surface area contributed by atoms with Crippen LogP contribution in [0, 0.1) is 11.3 Å². The fourth-order valence-corrected chi connectivity index (χ4v) is 2.71. The Balaban J connectivity index is 1.91. The summed E-state index contributed by atoms with van der Waals surface area (Å²) in [6, 6.07) is 17.8. The van der Waals surface area contributed by atoms with Crippen LogP contribution in [0.4, 0.5) is 0 Å². The zero-order valence-corrected chi connectivity index (χ0v) is 10.9. The third kappa shape index (κ3) is 2.54. The summed E-state index contributed by atoms with van der Waals surface area (Å²) in [5, 5.41) is 9.83. The van der Waals surface area contributed by atoms with Crippen LogP contribution < -0.4 is 0 Å². The Bertz CT molecular complexity index is 761. The van der Waals surface area contributed by atoms with Crippen LogP contribution in [0.1, 0.15) is 16.1 Å². The van der Waals surface area contributed by atoms with E-state index in [9.17, 15) is 0 Å². The second kappa shape index (κ2) is 5.05. The Morgan fingerprint density at radius 1 is 1.05 bits per heavy atom. The van der Waals surface area contributed by atoms with Gasteiger partial charge >= 0.3 is 0 Å². The first kappa shape index (κ1) is 11.6. The first-order valence-electron chi connectivity index (χ1n) is 5.89. The van der Waals surface area contributed by atoms with Crippen molar-refractivity contribution in [1.29, 1.82) is 5.26 Å². The highest BCUT2D eigenvalue weighted by Gasteiger charge is 1.99. The lowest BCUT2D eigenvalue weighted by atomic mass is 10.1. The second-order valence-corrected chi connectivity index (χ2v) is 5.15. The highest BCUT2D eigenvalue weighted by molar-refractivity contribution is 7.19. The standard InChI is InChI=1S/C16H10N2S/c17-11-13-5-3-4-12(10-13)8-9-16-18-14-6-1-2-7-15(14)19-16/h1-10H. The maximum Gasteiger partial charge on any atom is 0.117 e. The van der Waals surface area contributed by atoms with E-state index in [4.69, 9.17) is 5.26 Å². The smallest absolute Gasteiger partial charge is 0.117 e. The number of fused-ring (bicyclic) bond motifs is 1. The highest BCUT2D eigenvalue weighted by atomic mass is 32.1. The van der Waals surface area contributed by atoms with Gasteiger partial charge in [0.2, 0.25) is 0 Å². The summed E-state index contributed by atoms with van der Waals surface area (Å²) in [6.45, 7) is 0. The minimum atomic E-state index is 0.673. The summed E-state index contributed by atoms with van der Waals surface area (Å²) in [5.74, 6) is 0. The first-order valence-corrected chi connectivity index (χ1v) is 6.70. The van der Waals surface area contributed by atoms with Gasteiger partial charge in [0.1, 0.15) is 5.01 Å². The minimum Gasteiger partial charge on any atom is -0.237 e. The monoisotopic (exact) mass is 262 g/mol. The van der Waals surface area contributed by atoms with E-state index in [0.29, 0.717) is 5.56 Å². The number of rotatable bonds is 2. The SMILES string of the molecule is N#Cc1cccc(C=Cc2nc3ccccc3s2)c1. The van der Waals surface area contributed by atoms with Crippen molar-refractivity contribution in [2.24, 2.45) is 0 Å². The minimum absolute atomic E-state index is 0.673. The van der Waals surface area contributed by atoms with Crippen LogP contribution in [0.3, 0.4) is 0 Å². The molecular weight excluding hydrogens is 252 g/mol. The molecule has 19 heavy (non-hydrogen) atoms. The average Bonchev–Trinajstić information content (AvgIpc) is 2.88. The molecule has 3 rings (SSSR count). The fourth-order valence-electron chi connectivity index (χ4n) is 1.84. The molecule has 0 fully saturated rings. The summed E-state index contributed by atoms with van der Waals surface area (Å²) in [5.41, 5.74) is 2.71. The molecule has 0 aliphatic heterocycles.